The van der Waals surface area contributed by atoms with Crippen LogP contribution in [0.15, 0.2) is 0 Å². The molecule has 0 atom stereocenters. The van der Waals surface area contributed by atoms with E-state index in [2.05, 4.69) is 20.8 Å². The van der Waals surface area contributed by atoms with Crippen LogP contribution >= 0.6 is 0 Å². The van der Waals surface area contributed by atoms with E-state index < -0.39 is 0 Å². The van der Waals surface area contributed by atoms with Gasteiger partial charge in [0.2, 0.25) is 0 Å². The zero-order valence-electron chi connectivity index (χ0n) is 8.10. The maximum Gasteiger partial charge on any atom is 0 e. The Morgan fingerprint density at radius 3 is 1.73 bits per heavy atom. The number of unbranched alkanes of at least 4 members (excludes halogenated alkanes) is 1. The zero-order chi connectivity index (χ0) is 7.82. The van der Waals surface area contributed by atoms with Gasteiger partial charge in [-0.1, -0.05) is 46.0 Å². The van der Waals surface area contributed by atoms with Crippen LogP contribution in [0.4, 0.5) is 0 Å². The Morgan fingerprint density at radius 1 is 1.27 bits per heavy atom. The third-order valence-electron chi connectivity index (χ3n) is 2.16. The summed E-state index contributed by atoms with van der Waals surface area (Å²) in [5.41, 5.74) is 0. The molecule has 0 bridgehead atoms. The van der Waals surface area contributed by atoms with Gasteiger partial charge in [-0.05, 0) is 5.92 Å². The van der Waals surface area contributed by atoms with Gasteiger partial charge in [0, 0.05) is 32.7 Å². The van der Waals surface area contributed by atoms with Gasteiger partial charge in [-0.25, -0.2) is 0 Å². The molecule has 0 aromatic rings. The minimum absolute atomic E-state index is 0. The Morgan fingerprint density at radius 2 is 1.73 bits per heavy atom. The molecule has 0 aromatic heterocycles. The molecule has 1 radical (unpaired) electrons. The molecule has 0 heterocycles. The molecule has 11 heavy (non-hydrogen) atoms. The minimum Gasteiger partial charge on any atom is -0.343 e. The summed E-state index contributed by atoms with van der Waals surface area (Å²) in [6, 6.07) is 0. The van der Waals surface area contributed by atoms with Gasteiger partial charge < -0.3 is 6.92 Å². The second-order valence-corrected chi connectivity index (χ2v) is 3.06. The third kappa shape index (κ3) is 9.01. The predicted octanol–water partition coefficient (Wildman–Crippen LogP) is 3.81. The SMILES string of the molecule is CCC1CCC1.[CH2-]CCC.[Y]. The summed E-state index contributed by atoms with van der Waals surface area (Å²) in [6.07, 6.45) is 8.21. The van der Waals surface area contributed by atoms with Crippen molar-refractivity contribution in [2.75, 3.05) is 0 Å². The van der Waals surface area contributed by atoms with Gasteiger partial charge in [0.15, 0.2) is 0 Å². The summed E-state index contributed by atoms with van der Waals surface area (Å²) in [5, 5.41) is 0. The molecule has 0 aliphatic heterocycles. The summed E-state index contributed by atoms with van der Waals surface area (Å²) in [6.45, 7) is 8.00. The second-order valence-electron chi connectivity index (χ2n) is 3.06. The summed E-state index contributed by atoms with van der Waals surface area (Å²) >= 11 is 0. The first kappa shape index (κ1) is 14.6. The maximum absolute atomic E-state index is 3.60. The van der Waals surface area contributed by atoms with Crippen LogP contribution in [0.1, 0.15) is 52.4 Å². The number of hydrogen-bond acceptors (Lipinski definition) is 0. The maximum atomic E-state index is 3.60. The molecule has 1 rings (SSSR count). The van der Waals surface area contributed by atoms with Gasteiger partial charge in [-0.2, -0.15) is 6.42 Å². The van der Waals surface area contributed by atoms with Crippen molar-refractivity contribution < 1.29 is 32.7 Å². The van der Waals surface area contributed by atoms with E-state index in [1.165, 1.54) is 32.1 Å². The molecule has 0 nitrogen and oxygen atoms in total. The average molecular weight is 230 g/mol. The van der Waals surface area contributed by atoms with E-state index in [-0.39, 0.29) is 32.7 Å². The minimum atomic E-state index is 0. The Hall–Kier alpha value is 1.10. The standard InChI is InChI=1S/C6H12.C4H9.Y/c1-2-6-4-3-5-6;1-3-4-2;/h6H,2-5H2,1H3;1,3-4H2,2H3;/q;-1;. The molecular formula is C10H21Y-. The van der Waals surface area contributed by atoms with Crippen LogP contribution in [0.2, 0.25) is 0 Å². The quantitative estimate of drug-likeness (QED) is 0.633. The number of hydrogen-bond donors (Lipinski definition) is 0. The van der Waals surface area contributed by atoms with Crippen LogP contribution in [0.3, 0.4) is 0 Å². The first-order chi connectivity index (χ1) is 4.85. The van der Waals surface area contributed by atoms with Crippen LogP contribution in [0.5, 0.6) is 0 Å². The van der Waals surface area contributed by atoms with E-state index in [0.29, 0.717) is 0 Å². The van der Waals surface area contributed by atoms with Gasteiger partial charge in [0.1, 0.15) is 0 Å². The fourth-order valence-corrected chi connectivity index (χ4v) is 0.901. The third-order valence-corrected chi connectivity index (χ3v) is 2.16. The van der Waals surface area contributed by atoms with Crippen molar-refractivity contribution in [3.8, 4) is 0 Å². The summed E-state index contributed by atoms with van der Waals surface area (Å²) in [7, 11) is 0. The van der Waals surface area contributed by atoms with Crippen LogP contribution in [-0.4, -0.2) is 0 Å². The summed E-state index contributed by atoms with van der Waals surface area (Å²) in [4.78, 5) is 0. The molecule has 65 valence electrons. The van der Waals surface area contributed by atoms with Gasteiger partial charge in [0.05, 0.1) is 0 Å². The molecule has 1 fully saturated rings. The summed E-state index contributed by atoms with van der Waals surface area (Å²) in [5.74, 6) is 1.12. The normalized spacial score (nSPS) is 15.5. The van der Waals surface area contributed by atoms with Crippen LogP contribution in [0, 0.1) is 12.8 Å². The Bertz CT molecular complexity index is 53.1. The molecule has 1 saturated carbocycles. The molecule has 0 amide bonds. The van der Waals surface area contributed by atoms with Crippen molar-refractivity contribution in [2.24, 2.45) is 5.92 Å². The van der Waals surface area contributed by atoms with Crippen LogP contribution in [0.25, 0.3) is 0 Å². The topological polar surface area (TPSA) is 0 Å². The zero-order valence-corrected chi connectivity index (χ0v) is 10.9. The molecular weight excluding hydrogens is 209 g/mol. The second kappa shape index (κ2) is 11.1. The van der Waals surface area contributed by atoms with Crippen molar-refractivity contribution in [1.29, 1.82) is 0 Å². The first-order valence-corrected chi connectivity index (χ1v) is 4.64. The largest absolute Gasteiger partial charge is 0.343 e. The fraction of sp³-hybridized carbons (Fsp3) is 0.900. The number of rotatable bonds is 2. The van der Waals surface area contributed by atoms with Gasteiger partial charge >= 0.3 is 0 Å². The first-order valence-electron chi connectivity index (χ1n) is 4.64. The smallest absolute Gasteiger partial charge is 0 e. The van der Waals surface area contributed by atoms with Gasteiger partial charge in [0.25, 0.3) is 0 Å². The summed E-state index contributed by atoms with van der Waals surface area (Å²) < 4.78 is 0. The van der Waals surface area contributed by atoms with E-state index in [1.807, 2.05) is 0 Å². The van der Waals surface area contributed by atoms with E-state index in [1.54, 1.807) is 0 Å². The van der Waals surface area contributed by atoms with E-state index in [0.717, 1.165) is 12.3 Å². The van der Waals surface area contributed by atoms with Crippen LogP contribution < -0.4 is 0 Å². The molecule has 1 heteroatoms. The van der Waals surface area contributed by atoms with Crippen molar-refractivity contribution in [1.82, 2.24) is 0 Å². The van der Waals surface area contributed by atoms with Crippen LogP contribution in [-0.2, 0) is 32.7 Å². The molecule has 0 saturated heterocycles. The monoisotopic (exact) mass is 230 g/mol. The Balaban J connectivity index is 0. The van der Waals surface area contributed by atoms with E-state index >= 15 is 0 Å². The fourth-order valence-electron chi connectivity index (χ4n) is 0.901. The molecule has 1 aliphatic rings. The van der Waals surface area contributed by atoms with Crippen molar-refractivity contribution in [3.63, 3.8) is 0 Å². The molecule has 0 aromatic carbocycles. The molecule has 0 N–H and O–H groups in total. The Kier molecular flexibility index (Phi) is 14.8. The van der Waals surface area contributed by atoms with E-state index in [4.69, 9.17) is 0 Å². The van der Waals surface area contributed by atoms with Crippen molar-refractivity contribution in [2.45, 2.75) is 52.4 Å². The van der Waals surface area contributed by atoms with Crippen molar-refractivity contribution in [3.05, 3.63) is 6.92 Å². The van der Waals surface area contributed by atoms with Gasteiger partial charge in [-0.15, -0.1) is 0 Å². The molecule has 0 unspecified atom stereocenters. The molecule has 1 aliphatic carbocycles. The average Bonchev–Trinajstić information content (AvgIpc) is 1.87. The molecule has 0 spiro atoms. The Labute approximate surface area is 97.4 Å². The predicted molar refractivity (Wildman–Crippen MR) is 47.9 cm³/mol. The van der Waals surface area contributed by atoms with Gasteiger partial charge in [-0.3, -0.25) is 0 Å². The van der Waals surface area contributed by atoms with E-state index in [9.17, 15) is 0 Å². The van der Waals surface area contributed by atoms with Crippen molar-refractivity contribution >= 4 is 0 Å².